The Labute approximate surface area is 249 Å². The molecule has 2 aliphatic carbocycles. The van der Waals surface area contributed by atoms with Crippen molar-refractivity contribution in [1.82, 2.24) is 4.90 Å². The van der Waals surface area contributed by atoms with E-state index in [-0.39, 0.29) is 12.5 Å². The average Bonchev–Trinajstić information content (AvgIpc) is 3.22. The first-order valence-electron chi connectivity index (χ1n) is 14.4. The normalized spacial score (nSPS) is 15.9. The van der Waals surface area contributed by atoms with Gasteiger partial charge in [-0.25, -0.2) is 0 Å². The highest BCUT2D eigenvalue weighted by Crippen LogP contribution is 2.34. The molecule has 6 rings (SSSR count). The van der Waals surface area contributed by atoms with E-state index < -0.39 is 0 Å². The lowest BCUT2D eigenvalue weighted by atomic mass is 9.91. The van der Waals surface area contributed by atoms with Gasteiger partial charge in [-0.3, -0.25) is 9.79 Å². The van der Waals surface area contributed by atoms with Crippen molar-refractivity contribution in [3.05, 3.63) is 117 Å². The molecule has 0 N–H and O–H groups in total. The van der Waals surface area contributed by atoms with Crippen LogP contribution in [0.15, 0.2) is 89.4 Å². The summed E-state index contributed by atoms with van der Waals surface area (Å²) in [7, 11) is 6.03. The van der Waals surface area contributed by atoms with Crippen molar-refractivity contribution in [2.75, 3.05) is 39.1 Å². The zero-order valence-electron chi connectivity index (χ0n) is 24.2. The lowest BCUT2D eigenvalue weighted by Gasteiger charge is -2.20. The predicted octanol–water partition coefficient (Wildman–Crippen LogP) is 8.16. The molecule has 0 aromatic heterocycles. The van der Waals surface area contributed by atoms with Crippen LogP contribution < -0.4 is 4.90 Å². The summed E-state index contributed by atoms with van der Waals surface area (Å²) in [6.07, 6.45) is 14.7. The maximum absolute atomic E-state index is 12.1. The third-order valence-corrected chi connectivity index (χ3v) is 8.02. The Morgan fingerprint density at radius 1 is 0.927 bits per heavy atom. The highest BCUT2D eigenvalue weighted by atomic mass is 35.5. The van der Waals surface area contributed by atoms with Crippen LogP contribution in [-0.4, -0.2) is 50.8 Å². The van der Waals surface area contributed by atoms with Crippen LogP contribution in [0.1, 0.15) is 59.9 Å². The minimum atomic E-state index is 0.0139. The molecule has 1 heterocycles. The number of likely N-dealkylation sites (N-methyl/N-ethyl adjacent to an activating group) is 1. The summed E-state index contributed by atoms with van der Waals surface area (Å²) in [6.45, 7) is 1.27. The number of fused-ring (bicyclic) bond motifs is 3. The fraction of sp³-hybridized carbons (Fsp3) is 0.278. The number of benzene rings is 3. The van der Waals surface area contributed by atoms with E-state index in [1.54, 1.807) is 11.9 Å². The monoisotopic (exact) mass is 563 g/mol. The molecule has 0 saturated heterocycles. The Bertz CT molecular complexity index is 1490. The number of aliphatic imine (C=N–C) groups is 1. The van der Waals surface area contributed by atoms with Gasteiger partial charge < -0.3 is 9.80 Å². The Morgan fingerprint density at radius 2 is 1.61 bits per heavy atom. The van der Waals surface area contributed by atoms with E-state index in [4.69, 9.17) is 11.6 Å². The zero-order chi connectivity index (χ0) is 28.8. The van der Waals surface area contributed by atoms with Crippen molar-refractivity contribution in [1.29, 1.82) is 0 Å². The minimum Gasteiger partial charge on any atom is -0.313 e. The second-order valence-corrected chi connectivity index (χ2v) is 11.4. The number of carbonyl (C=O) groups excluding carboxylic acids is 1. The molecule has 4 nitrogen and oxygen atoms in total. The van der Waals surface area contributed by atoms with Crippen LogP contribution in [0.2, 0.25) is 5.02 Å². The van der Waals surface area contributed by atoms with E-state index in [1.165, 1.54) is 46.2 Å². The van der Waals surface area contributed by atoms with E-state index in [1.807, 2.05) is 18.2 Å². The fourth-order valence-corrected chi connectivity index (χ4v) is 5.75. The van der Waals surface area contributed by atoms with Crippen molar-refractivity contribution in [3.63, 3.8) is 0 Å². The summed E-state index contributed by atoms with van der Waals surface area (Å²) >= 11 is 6.14. The van der Waals surface area contributed by atoms with E-state index >= 15 is 0 Å². The van der Waals surface area contributed by atoms with Crippen LogP contribution in [0.25, 0.3) is 17.7 Å². The van der Waals surface area contributed by atoms with Gasteiger partial charge >= 0.3 is 0 Å². The van der Waals surface area contributed by atoms with Crippen LogP contribution in [0.4, 0.5) is 5.69 Å². The number of halogens is 1. The predicted molar refractivity (Wildman–Crippen MR) is 175 cm³/mol. The van der Waals surface area contributed by atoms with Gasteiger partial charge in [0.15, 0.2) is 0 Å². The number of hydrogen-bond donors (Lipinski definition) is 0. The van der Waals surface area contributed by atoms with E-state index in [0.717, 1.165) is 42.8 Å². The molecule has 0 atom stereocenters. The molecule has 41 heavy (non-hydrogen) atoms. The zero-order valence-corrected chi connectivity index (χ0v) is 25.0. The molecular formula is C36H38ClN3O. The summed E-state index contributed by atoms with van der Waals surface area (Å²) in [4.78, 5) is 20.5. The fourth-order valence-electron chi connectivity index (χ4n) is 5.58. The SMILES string of the molecule is CN(C)CCC=C1c2ccccc2C=Cc2ccccc21.CN1C(=O)CN=C(C2=CCCCC2)c2cc(Cl)ccc21. The molecule has 0 radical (unpaired) electrons. The molecule has 3 aromatic rings. The summed E-state index contributed by atoms with van der Waals surface area (Å²) in [5.74, 6) is 0.0139. The maximum Gasteiger partial charge on any atom is 0.248 e. The highest BCUT2D eigenvalue weighted by Gasteiger charge is 2.24. The number of amides is 1. The molecule has 210 valence electrons. The molecule has 5 heteroatoms. The second-order valence-electron chi connectivity index (χ2n) is 11.0. The van der Waals surface area contributed by atoms with Gasteiger partial charge in [0.2, 0.25) is 5.91 Å². The first kappa shape index (κ1) is 28.8. The topological polar surface area (TPSA) is 35.9 Å². The van der Waals surface area contributed by atoms with Crippen molar-refractivity contribution in [2.24, 2.45) is 4.99 Å². The van der Waals surface area contributed by atoms with Crippen LogP contribution in [-0.2, 0) is 4.79 Å². The number of hydrogen-bond acceptors (Lipinski definition) is 3. The molecule has 3 aliphatic rings. The third kappa shape index (κ3) is 6.78. The molecule has 1 amide bonds. The number of anilines is 1. The van der Waals surface area contributed by atoms with Crippen molar-refractivity contribution in [3.8, 4) is 0 Å². The molecule has 1 aliphatic heterocycles. The molecule has 0 spiro atoms. The smallest absolute Gasteiger partial charge is 0.248 e. The van der Waals surface area contributed by atoms with E-state index in [9.17, 15) is 4.79 Å². The Kier molecular flexibility index (Phi) is 9.33. The first-order valence-corrected chi connectivity index (χ1v) is 14.8. The molecule has 0 unspecified atom stereocenters. The largest absolute Gasteiger partial charge is 0.313 e. The first-order chi connectivity index (χ1) is 19.9. The lowest BCUT2D eigenvalue weighted by Crippen LogP contribution is -2.27. The van der Waals surface area contributed by atoms with Gasteiger partial charge in [0, 0.05) is 24.2 Å². The van der Waals surface area contributed by atoms with Crippen LogP contribution >= 0.6 is 11.6 Å². The van der Waals surface area contributed by atoms with Crippen molar-refractivity contribution in [2.45, 2.75) is 32.1 Å². The van der Waals surface area contributed by atoms with Gasteiger partial charge in [-0.2, -0.15) is 0 Å². The molecule has 3 aromatic carbocycles. The number of carbonyl (C=O) groups is 1. The third-order valence-electron chi connectivity index (χ3n) is 7.79. The standard InChI is InChI=1S/C20H21N.C16H17ClN2O/c1-21(2)15-7-12-20-18-10-5-3-8-16(18)13-14-17-9-4-6-11-19(17)20;1-19-14-8-7-12(17)9-13(14)16(18-10-15(19)20)11-5-3-2-4-6-11/h3-6,8-14H,7,15H2,1-2H3;5,7-9H,2-4,6,10H2,1H3. The number of nitrogens with zero attached hydrogens (tertiary/aromatic N) is 3. The summed E-state index contributed by atoms with van der Waals surface area (Å²) in [5.41, 5.74) is 10.7. The van der Waals surface area contributed by atoms with Gasteiger partial charge in [0.25, 0.3) is 0 Å². The second kappa shape index (κ2) is 13.3. The Morgan fingerprint density at radius 3 is 2.24 bits per heavy atom. The minimum absolute atomic E-state index is 0.0139. The average molecular weight is 564 g/mol. The quantitative estimate of drug-likeness (QED) is 0.251. The van der Waals surface area contributed by atoms with Gasteiger partial charge in [0.1, 0.15) is 6.54 Å². The van der Waals surface area contributed by atoms with Gasteiger partial charge in [-0.1, -0.05) is 84.4 Å². The van der Waals surface area contributed by atoms with Crippen LogP contribution in [0.5, 0.6) is 0 Å². The van der Waals surface area contributed by atoms with Gasteiger partial charge in [-0.15, -0.1) is 0 Å². The van der Waals surface area contributed by atoms with Gasteiger partial charge in [-0.05, 0) is 97.8 Å². The molecule has 0 bridgehead atoms. The van der Waals surface area contributed by atoms with E-state index in [2.05, 4.69) is 96.8 Å². The highest BCUT2D eigenvalue weighted by molar-refractivity contribution is 6.32. The Balaban J connectivity index is 0.000000165. The van der Waals surface area contributed by atoms with Crippen molar-refractivity contribution < 1.29 is 4.79 Å². The molecule has 0 fully saturated rings. The molecule has 0 saturated carbocycles. The van der Waals surface area contributed by atoms with Crippen molar-refractivity contribution >= 4 is 46.6 Å². The molecular weight excluding hydrogens is 526 g/mol. The number of benzodiazepines with no additional fused rings is 1. The van der Waals surface area contributed by atoms with Crippen LogP contribution in [0, 0.1) is 0 Å². The summed E-state index contributed by atoms with van der Waals surface area (Å²) in [6, 6.07) is 22.9. The maximum atomic E-state index is 12.1. The number of allylic oxidation sites excluding steroid dienone is 2. The Hall–Kier alpha value is -3.73. The summed E-state index contributed by atoms with van der Waals surface area (Å²) in [5, 5.41) is 0.676. The van der Waals surface area contributed by atoms with E-state index in [0.29, 0.717) is 5.02 Å². The van der Waals surface area contributed by atoms with Crippen LogP contribution in [0.3, 0.4) is 0 Å². The number of rotatable bonds is 4. The van der Waals surface area contributed by atoms with Gasteiger partial charge in [0.05, 0.1) is 11.4 Å². The lowest BCUT2D eigenvalue weighted by molar-refractivity contribution is -0.116. The summed E-state index contributed by atoms with van der Waals surface area (Å²) < 4.78 is 0.